The topological polar surface area (TPSA) is 92.3 Å². The lowest BCUT2D eigenvalue weighted by Crippen LogP contribution is -2.23. The fraction of sp³-hybridized carbons (Fsp3) is 0.182. The molecule has 11 heteroatoms. The molecule has 0 atom stereocenters. The lowest BCUT2D eigenvalue weighted by atomic mass is 10.1. The Morgan fingerprint density at radius 3 is 2.48 bits per heavy atom. The first-order valence-corrected chi connectivity index (χ1v) is 9.59. The molecule has 2 aromatic carbocycles. The number of ether oxygens (including phenoxy) is 2. The molecule has 0 spiro atoms. The zero-order valence-corrected chi connectivity index (χ0v) is 17.5. The molecule has 2 aromatic heterocycles. The van der Waals surface area contributed by atoms with Crippen molar-refractivity contribution < 1.29 is 27.2 Å². The third-order valence-electron chi connectivity index (χ3n) is 4.75. The minimum absolute atomic E-state index is 0.0153. The van der Waals surface area contributed by atoms with E-state index in [-0.39, 0.29) is 23.8 Å². The number of aromatic nitrogens is 4. The highest BCUT2D eigenvalue weighted by atomic mass is 19.4. The predicted molar refractivity (Wildman–Crippen MR) is 111 cm³/mol. The number of methoxy groups -OCH3 is 2. The molecule has 0 fully saturated rings. The molecule has 170 valence electrons. The Hall–Kier alpha value is -4.15. The molecular weight excluding hydrogens is 441 g/mol. The fourth-order valence-corrected chi connectivity index (χ4v) is 3.11. The summed E-state index contributed by atoms with van der Waals surface area (Å²) in [4.78, 5) is 16.4. The van der Waals surface area contributed by atoms with Crippen LogP contribution in [0.4, 0.5) is 13.2 Å². The summed E-state index contributed by atoms with van der Waals surface area (Å²) in [6.45, 7) is -0.161. The molecule has 0 amide bonds. The number of benzene rings is 2. The second-order valence-electron chi connectivity index (χ2n) is 6.87. The molecule has 0 N–H and O–H groups in total. The van der Waals surface area contributed by atoms with Crippen molar-refractivity contribution in [2.75, 3.05) is 14.2 Å². The largest absolute Gasteiger partial charge is 0.493 e. The van der Waals surface area contributed by atoms with Crippen LogP contribution >= 0.6 is 0 Å². The maximum Gasteiger partial charge on any atom is 0.416 e. The van der Waals surface area contributed by atoms with Gasteiger partial charge in [-0.15, -0.1) is 0 Å². The maximum absolute atomic E-state index is 13.0. The van der Waals surface area contributed by atoms with Gasteiger partial charge in [0.05, 0.1) is 25.5 Å². The van der Waals surface area contributed by atoms with Crippen LogP contribution < -0.4 is 15.0 Å². The minimum atomic E-state index is -4.50. The van der Waals surface area contributed by atoms with Crippen LogP contribution in [0.3, 0.4) is 0 Å². The highest BCUT2D eigenvalue weighted by Gasteiger charge is 2.30. The summed E-state index contributed by atoms with van der Waals surface area (Å²) in [6.07, 6.45) is -4.50. The van der Waals surface area contributed by atoms with E-state index in [1.165, 1.54) is 32.4 Å². The normalized spacial score (nSPS) is 11.4. The first kappa shape index (κ1) is 22.1. The molecule has 4 aromatic rings. The van der Waals surface area contributed by atoms with Crippen LogP contribution in [0.1, 0.15) is 11.5 Å². The number of hydrogen-bond acceptors (Lipinski definition) is 7. The van der Waals surface area contributed by atoms with Crippen LogP contribution in [0.2, 0.25) is 0 Å². The smallest absolute Gasteiger partial charge is 0.416 e. The van der Waals surface area contributed by atoms with Crippen molar-refractivity contribution in [1.29, 1.82) is 0 Å². The van der Waals surface area contributed by atoms with Gasteiger partial charge in [0.1, 0.15) is 6.54 Å². The van der Waals surface area contributed by atoms with Gasteiger partial charge in [0.2, 0.25) is 11.7 Å². The van der Waals surface area contributed by atoms with Crippen LogP contribution in [0.5, 0.6) is 11.5 Å². The van der Waals surface area contributed by atoms with Gasteiger partial charge in [-0.1, -0.05) is 17.3 Å². The molecule has 0 aliphatic rings. The first-order valence-electron chi connectivity index (χ1n) is 9.59. The molecule has 0 saturated heterocycles. The van der Waals surface area contributed by atoms with E-state index in [1.807, 2.05) is 0 Å². The summed E-state index contributed by atoms with van der Waals surface area (Å²) in [5.74, 6) is 1.03. The summed E-state index contributed by atoms with van der Waals surface area (Å²) in [6, 6.07) is 12.7. The van der Waals surface area contributed by atoms with Gasteiger partial charge in [-0.25, -0.2) is 4.68 Å². The summed E-state index contributed by atoms with van der Waals surface area (Å²) in [5.41, 5.74) is 0.0499. The van der Waals surface area contributed by atoms with Crippen molar-refractivity contribution >= 4 is 0 Å². The molecule has 4 rings (SSSR count). The zero-order valence-electron chi connectivity index (χ0n) is 17.5. The molecule has 0 unspecified atom stereocenters. The number of hydrogen-bond donors (Lipinski definition) is 0. The highest BCUT2D eigenvalue weighted by Crippen LogP contribution is 2.32. The SMILES string of the molecule is COc1ccc(-c2ccc(=O)n(Cc3nc(-c4cccc(C(F)(F)F)c4)no3)n2)cc1OC. The zero-order chi connectivity index (χ0) is 23.6. The number of alkyl halides is 3. The molecule has 0 aliphatic carbocycles. The van der Waals surface area contributed by atoms with E-state index in [0.29, 0.717) is 22.8 Å². The Morgan fingerprint density at radius 1 is 0.970 bits per heavy atom. The molecule has 8 nitrogen and oxygen atoms in total. The second kappa shape index (κ2) is 8.77. The lowest BCUT2D eigenvalue weighted by molar-refractivity contribution is -0.137. The summed E-state index contributed by atoms with van der Waals surface area (Å²) in [7, 11) is 3.03. The third kappa shape index (κ3) is 4.71. The van der Waals surface area contributed by atoms with Crippen molar-refractivity contribution in [3.05, 3.63) is 76.4 Å². The van der Waals surface area contributed by atoms with E-state index in [9.17, 15) is 18.0 Å². The molecule has 0 saturated carbocycles. The van der Waals surface area contributed by atoms with Gasteiger partial charge in [-0.3, -0.25) is 4.79 Å². The predicted octanol–water partition coefficient (Wildman–Crippen LogP) is 4.04. The Balaban J connectivity index is 1.61. The highest BCUT2D eigenvalue weighted by molar-refractivity contribution is 5.63. The maximum atomic E-state index is 13.0. The average Bonchev–Trinajstić information content (AvgIpc) is 3.28. The van der Waals surface area contributed by atoms with Gasteiger partial charge >= 0.3 is 6.18 Å². The van der Waals surface area contributed by atoms with Crippen molar-refractivity contribution in [3.8, 4) is 34.1 Å². The van der Waals surface area contributed by atoms with E-state index in [2.05, 4.69) is 15.2 Å². The van der Waals surface area contributed by atoms with Gasteiger partial charge in [0, 0.05) is 17.2 Å². The minimum Gasteiger partial charge on any atom is -0.493 e. The summed E-state index contributed by atoms with van der Waals surface area (Å²) >= 11 is 0. The van der Waals surface area contributed by atoms with Gasteiger partial charge in [0.15, 0.2) is 11.5 Å². The summed E-state index contributed by atoms with van der Waals surface area (Å²) < 4.78 is 55.7. The monoisotopic (exact) mass is 458 g/mol. The number of nitrogens with zero attached hydrogens (tertiary/aromatic N) is 4. The Labute approximate surface area is 185 Å². The van der Waals surface area contributed by atoms with Gasteiger partial charge in [-0.05, 0) is 36.4 Å². The van der Waals surface area contributed by atoms with Crippen molar-refractivity contribution in [2.24, 2.45) is 0 Å². The summed E-state index contributed by atoms with van der Waals surface area (Å²) in [5, 5.41) is 8.06. The average molecular weight is 458 g/mol. The van der Waals surface area contributed by atoms with Gasteiger partial charge in [-0.2, -0.15) is 23.3 Å². The second-order valence-corrected chi connectivity index (χ2v) is 6.87. The standard InChI is InChI=1S/C22H17F3N4O4/c1-31-17-8-6-13(11-18(17)32-2)16-7-9-20(30)29(27-16)12-19-26-21(28-33-19)14-4-3-5-15(10-14)22(23,24)25/h3-11H,12H2,1-2H3. The van der Waals surface area contributed by atoms with Crippen LogP contribution in [0, 0.1) is 0 Å². The van der Waals surface area contributed by atoms with Crippen LogP contribution in [-0.4, -0.2) is 34.1 Å². The Kier molecular flexibility index (Phi) is 5.86. The number of halogens is 3. The van der Waals surface area contributed by atoms with Crippen molar-refractivity contribution in [1.82, 2.24) is 19.9 Å². The van der Waals surface area contributed by atoms with E-state index >= 15 is 0 Å². The third-order valence-corrected chi connectivity index (χ3v) is 4.75. The van der Waals surface area contributed by atoms with Crippen molar-refractivity contribution in [3.63, 3.8) is 0 Å². The van der Waals surface area contributed by atoms with E-state index in [0.717, 1.165) is 16.8 Å². The number of rotatable bonds is 6. The van der Waals surface area contributed by atoms with E-state index in [4.69, 9.17) is 14.0 Å². The van der Waals surface area contributed by atoms with Gasteiger partial charge < -0.3 is 14.0 Å². The molecule has 0 bridgehead atoms. The first-order chi connectivity index (χ1) is 15.8. The molecule has 0 radical (unpaired) electrons. The van der Waals surface area contributed by atoms with Crippen molar-refractivity contribution in [2.45, 2.75) is 12.7 Å². The van der Waals surface area contributed by atoms with Crippen LogP contribution in [-0.2, 0) is 12.7 Å². The Bertz CT molecular complexity index is 1350. The fourth-order valence-electron chi connectivity index (χ4n) is 3.11. The lowest BCUT2D eigenvalue weighted by Gasteiger charge is -2.10. The van der Waals surface area contributed by atoms with Crippen LogP contribution in [0.15, 0.2) is 63.9 Å². The quantitative estimate of drug-likeness (QED) is 0.431. The van der Waals surface area contributed by atoms with Crippen LogP contribution in [0.25, 0.3) is 22.6 Å². The molecule has 0 aliphatic heterocycles. The van der Waals surface area contributed by atoms with Gasteiger partial charge in [0.25, 0.3) is 5.56 Å². The Morgan fingerprint density at radius 2 is 1.76 bits per heavy atom. The van der Waals surface area contributed by atoms with E-state index < -0.39 is 17.3 Å². The molecular formula is C22H17F3N4O4. The molecule has 33 heavy (non-hydrogen) atoms. The van der Waals surface area contributed by atoms with E-state index in [1.54, 1.807) is 24.3 Å². The molecule has 2 heterocycles.